The van der Waals surface area contributed by atoms with Gasteiger partial charge in [-0.25, -0.2) is 0 Å². The third-order valence-corrected chi connectivity index (χ3v) is 3.31. The first-order valence-corrected chi connectivity index (χ1v) is 6.03. The van der Waals surface area contributed by atoms with E-state index in [2.05, 4.69) is 6.07 Å². The van der Waals surface area contributed by atoms with Crippen molar-refractivity contribution in [2.75, 3.05) is 7.11 Å². The quantitative estimate of drug-likeness (QED) is 0.620. The van der Waals surface area contributed by atoms with E-state index in [4.69, 9.17) is 14.7 Å². The van der Waals surface area contributed by atoms with Crippen molar-refractivity contribution in [3.8, 4) is 11.8 Å². The van der Waals surface area contributed by atoms with Crippen molar-refractivity contribution in [2.24, 2.45) is 0 Å². The van der Waals surface area contributed by atoms with Gasteiger partial charge in [0.25, 0.3) is 0 Å². The molecule has 1 N–H and O–H groups in total. The molecule has 0 saturated carbocycles. The first kappa shape index (κ1) is 19.2. The van der Waals surface area contributed by atoms with Gasteiger partial charge >= 0.3 is 7.48 Å². The van der Waals surface area contributed by atoms with Gasteiger partial charge in [-0.05, 0) is 39.8 Å². The van der Waals surface area contributed by atoms with E-state index in [-0.39, 0.29) is 24.0 Å². The highest BCUT2D eigenvalue weighted by Crippen LogP contribution is 2.24. The van der Waals surface area contributed by atoms with Crippen LogP contribution in [0.4, 0.5) is 0 Å². The fourth-order valence-corrected chi connectivity index (χ4v) is 1.25. The second-order valence-electron chi connectivity index (χ2n) is 5.38. The molecule has 1 radical (unpaired) electrons. The van der Waals surface area contributed by atoms with Gasteiger partial charge in [-0.15, -0.1) is 24.0 Å². The molecule has 0 aliphatic heterocycles. The van der Waals surface area contributed by atoms with Crippen molar-refractivity contribution < 1.29 is 14.5 Å². The summed E-state index contributed by atoms with van der Waals surface area (Å²) in [4.78, 5) is 0. The number of hydrogen-bond donors (Lipinski definition) is 1. The molecule has 0 saturated heterocycles. The molecule has 0 aromatic heterocycles. The Morgan fingerprint density at radius 2 is 1.85 bits per heavy atom. The second-order valence-corrected chi connectivity index (χ2v) is 5.38. The first-order valence-electron chi connectivity index (χ1n) is 6.03. The Hall–Kier alpha value is -0.775. The Kier molecular flexibility index (Phi) is 7.01. The Morgan fingerprint density at radius 1 is 1.25 bits per heavy atom. The predicted octanol–water partition coefficient (Wildman–Crippen LogP) is 2.00. The Labute approximate surface area is 138 Å². The highest BCUT2D eigenvalue weighted by molar-refractivity contribution is 14.0. The number of aliphatic hydroxyl groups is 1. The molecule has 0 heterocycles. The van der Waals surface area contributed by atoms with Gasteiger partial charge in [-0.2, -0.15) is 5.26 Å². The lowest BCUT2D eigenvalue weighted by atomic mass is 9.82. The van der Waals surface area contributed by atoms with Crippen LogP contribution in [0.15, 0.2) is 18.2 Å². The zero-order valence-corrected chi connectivity index (χ0v) is 14.8. The van der Waals surface area contributed by atoms with Crippen LogP contribution in [0, 0.1) is 11.3 Å². The third-order valence-electron chi connectivity index (χ3n) is 3.31. The normalized spacial score (nSPS) is 11.2. The minimum Gasteiger partial charge on any atom is -0.495 e. The molecule has 0 atom stereocenters. The second kappa shape index (κ2) is 7.30. The summed E-state index contributed by atoms with van der Waals surface area (Å²) < 4.78 is 10.7. The number of ether oxygens (including phenoxy) is 1. The third kappa shape index (κ3) is 4.65. The van der Waals surface area contributed by atoms with Crippen molar-refractivity contribution in [3.05, 3.63) is 23.8 Å². The average Bonchev–Trinajstić information content (AvgIpc) is 2.34. The number of nitrogens with zero attached hydrogens (tertiary/aromatic N) is 1. The van der Waals surface area contributed by atoms with Crippen LogP contribution >= 0.6 is 24.0 Å². The molecule has 0 aliphatic rings. The van der Waals surface area contributed by atoms with Crippen molar-refractivity contribution in [2.45, 2.75) is 38.9 Å². The minimum atomic E-state index is -0.978. The van der Waals surface area contributed by atoms with E-state index in [0.29, 0.717) is 11.3 Å². The zero-order valence-electron chi connectivity index (χ0n) is 12.4. The van der Waals surface area contributed by atoms with Gasteiger partial charge < -0.3 is 14.5 Å². The maximum Gasteiger partial charge on any atom is 0.330 e. The van der Waals surface area contributed by atoms with Gasteiger partial charge in [-0.3, -0.25) is 0 Å². The number of benzene rings is 1. The molecular weight excluding hydrogens is 368 g/mol. The molecule has 6 heteroatoms. The van der Waals surface area contributed by atoms with Gasteiger partial charge in [0.2, 0.25) is 0 Å². The standard InChI is InChI=1S/C14H19BNO3.HI/c1-13(2,17)14(3,4)19-15-11-6-7-12(18-5)10(8-11)9-16;/h6-8,17H,1-5H3;1H. The number of halogens is 1. The van der Waals surface area contributed by atoms with Crippen molar-refractivity contribution in [1.29, 1.82) is 5.26 Å². The van der Waals surface area contributed by atoms with E-state index >= 15 is 0 Å². The van der Waals surface area contributed by atoms with Gasteiger partial charge in [-0.1, -0.05) is 11.5 Å². The van der Waals surface area contributed by atoms with Gasteiger partial charge in [0, 0.05) is 0 Å². The van der Waals surface area contributed by atoms with E-state index in [9.17, 15) is 5.11 Å². The average molecular weight is 388 g/mol. The van der Waals surface area contributed by atoms with Gasteiger partial charge in [0.05, 0.1) is 23.9 Å². The topological polar surface area (TPSA) is 62.5 Å². The highest BCUT2D eigenvalue weighted by atomic mass is 127. The summed E-state index contributed by atoms with van der Waals surface area (Å²) in [5.74, 6) is 0.529. The van der Waals surface area contributed by atoms with Gasteiger partial charge in [0.15, 0.2) is 0 Å². The Bertz CT molecular complexity index is 492. The lowest BCUT2D eigenvalue weighted by Crippen LogP contribution is -2.49. The fourth-order valence-electron chi connectivity index (χ4n) is 1.25. The smallest absolute Gasteiger partial charge is 0.330 e. The van der Waals surface area contributed by atoms with Crippen LogP contribution in [0.2, 0.25) is 0 Å². The zero-order chi connectivity index (χ0) is 14.7. The molecule has 20 heavy (non-hydrogen) atoms. The summed E-state index contributed by atoms with van der Waals surface area (Å²) in [6, 6.07) is 7.25. The summed E-state index contributed by atoms with van der Waals surface area (Å²) in [5.41, 5.74) is -0.524. The maximum atomic E-state index is 9.99. The van der Waals surface area contributed by atoms with E-state index in [1.54, 1.807) is 45.9 Å². The van der Waals surface area contributed by atoms with Crippen molar-refractivity contribution in [1.82, 2.24) is 0 Å². The van der Waals surface area contributed by atoms with E-state index in [0.717, 1.165) is 5.46 Å². The molecule has 1 aromatic rings. The van der Waals surface area contributed by atoms with Crippen molar-refractivity contribution >= 4 is 36.9 Å². The first-order chi connectivity index (χ1) is 8.71. The van der Waals surface area contributed by atoms with Crippen LogP contribution in [0.25, 0.3) is 0 Å². The molecule has 0 amide bonds. The fraction of sp³-hybridized carbons (Fsp3) is 0.500. The molecule has 0 unspecified atom stereocenters. The van der Waals surface area contributed by atoms with Crippen LogP contribution in [0.1, 0.15) is 33.3 Å². The van der Waals surface area contributed by atoms with Crippen LogP contribution in [0.3, 0.4) is 0 Å². The molecular formula is C14H20BINO3. The number of methoxy groups -OCH3 is 1. The monoisotopic (exact) mass is 388 g/mol. The molecule has 1 aromatic carbocycles. The summed E-state index contributed by atoms with van der Waals surface area (Å²) in [7, 11) is 3.06. The summed E-state index contributed by atoms with van der Waals surface area (Å²) in [6.07, 6.45) is 0. The summed E-state index contributed by atoms with van der Waals surface area (Å²) in [6.45, 7) is 6.99. The SMILES string of the molecule is COc1ccc([B]OC(C)(C)C(C)(C)O)cc1C#N.I. The molecule has 0 spiro atoms. The van der Waals surface area contributed by atoms with Gasteiger partial charge in [0.1, 0.15) is 11.8 Å². The Morgan fingerprint density at radius 3 is 2.30 bits per heavy atom. The van der Waals surface area contributed by atoms with Crippen LogP contribution < -0.4 is 10.2 Å². The van der Waals surface area contributed by atoms with Crippen molar-refractivity contribution in [3.63, 3.8) is 0 Å². The van der Waals surface area contributed by atoms with Crippen LogP contribution in [-0.4, -0.2) is 30.9 Å². The van der Waals surface area contributed by atoms with E-state index in [1.807, 2.05) is 0 Å². The number of rotatable bonds is 5. The predicted molar refractivity (Wildman–Crippen MR) is 90.0 cm³/mol. The van der Waals surface area contributed by atoms with Crippen LogP contribution in [-0.2, 0) is 4.65 Å². The molecule has 0 bridgehead atoms. The summed E-state index contributed by atoms with van der Waals surface area (Å²) >= 11 is 0. The lowest BCUT2D eigenvalue weighted by Gasteiger charge is -2.37. The molecule has 1 rings (SSSR count). The molecule has 109 valence electrons. The van der Waals surface area contributed by atoms with Crippen LogP contribution in [0.5, 0.6) is 5.75 Å². The molecule has 0 fully saturated rings. The lowest BCUT2D eigenvalue weighted by molar-refractivity contribution is -0.0893. The summed E-state index contributed by atoms with van der Waals surface area (Å²) in [5, 5.41) is 19.0. The highest BCUT2D eigenvalue weighted by Gasteiger charge is 2.35. The van der Waals surface area contributed by atoms with E-state index < -0.39 is 11.2 Å². The largest absolute Gasteiger partial charge is 0.495 e. The maximum absolute atomic E-state index is 9.99. The number of nitriles is 1. The van der Waals surface area contributed by atoms with E-state index in [1.165, 1.54) is 14.6 Å². The molecule has 4 nitrogen and oxygen atoms in total. The molecule has 0 aliphatic carbocycles. The Balaban J connectivity index is 0.00000361. The number of hydrogen-bond acceptors (Lipinski definition) is 4. The minimum absolute atomic E-state index is 0.